The highest BCUT2D eigenvalue weighted by atomic mass is 35.5. The Morgan fingerprint density at radius 1 is 0.967 bits per heavy atom. The quantitative estimate of drug-likeness (QED) is 0.326. The molecule has 0 unspecified atom stereocenters. The lowest BCUT2D eigenvalue weighted by Crippen LogP contribution is -2.12. The number of carbonyl (C=O) groups is 1. The Labute approximate surface area is 186 Å². The number of hydrogen-bond donors (Lipinski definition) is 1. The molecule has 0 aliphatic heterocycles. The van der Waals surface area contributed by atoms with Crippen LogP contribution in [0.4, 0.5) is 5.69 Å². The van der Waals surface area contributed by atoms with Gasteiger partial charge in [-0.1, -0.05) is 71.4 Å². The molecule has 1 aliphatic rings. The van der Waals surface area contributed by atoms with Crippen LogP contribution >= 0.6 is 35.0 Å². The number of nitrogens with one attached hydrogen (secondary N) is 1. The van der Waals surface area contributed by atoms with E-state index in [1.54, 1.807) is 18.2 Å². The smallest absolute Gasteiger partial charge is 0.225 e. The van der Waals surface area contributed by atoms with Gasteiger partial charge in [-0.3, -0.25) is 4.79 Å². The van der Waals surface area contributed by atoms with Crippen molar-refractivity contribution in [3.63, 3.8) is 0 Å². The summed E-state index contributed by atoms with van der Waals surface area (Å²) in [5.41, 5.74) is 4.33. The first-order valence-corrected chi connectivity index (χ1v) is 11.0. The number of amides is 1. The van der Waals surface area contributed by atoms with Crippen LogP contribution in [0.5, 0.6) is 0 Å². The lowest BCUT2D eigenvalue weighted by molar-refractivity contribution is -0.115. The van der Waals surface area contributed by atoms with Crippen LogP contribution in [0.25, 0.3) is 33.3 Å². The first-order valence-electron chi connectivity index (χ1n) is 9.25. The summed E-state index contributed by atoms with van der Waals surface area (Å²) < 4.78 is 0. The molecule has 0 saturated heterocycles. The third-order valence-corrected chi connectivity index (χ3v) is 6.23. The molecule has 0 atom stereocenters. The number of benzene rings is 3. The van der Waals surface area contributed by atoms with E-state index >= 15 is 0 Å². The van der Waals surface area contributed by atoms with Gasteiger partial charge in [-0.2, -0.15) is 0 Å². The number of rotatable bonds is 5. The third-order valence-electron chi connectivity index (χ3n) is 4.85. The molecule has 30 heavy (non-hydrogen) atoms. The van der Waals surface area contributed by atoms with Crippen molar-refractivity contribution in [1.82, 2.24) is 15.2 Å². The zero-order valence-electron chi connectivity index (χ0n) is 15.5. The SMILES string of the molecule is O=C(CCSc1nnc2c(n1)-c1cccc3cccc-2c13)Nc1ccc(Cl)cc1Cl. The van der Waals surface area contributed by atoms with Gasteiger partial charge >= 0.3 is 0 Å². The van der Waals surface area contributed by atoms with Gasteiger partial charge in [-0.15, -0.1) is 10.2 Å². The Bertz CT molecular complexity index is 1310. The Balaban J connectivity index is 1.28. The average Bonchev–Trinajstić information content (AvgIpc) is 3.06. The highest BCUT2D eigenvalue weighted by Crippen LogP contribution is 2.44. The fourth-order valence-electron chi connectivity index (χ4n) is 3.52. The molecule has 0 spiro atoms. The first-order chi connectivity index (χ1) is 14.6. The van der Waals surface area contributed by atoms with E-state index < -0.39 is 0 Å². The van der Waals surface area contributed by atoms with Gasteiger partial charge in [-0.25, -0.2) is 4.98 Å². The van der Waals surface area contributed by atoms with E-state index in [0.717, 1.165) is 33.3 Å². The van der Waals surface area contributed by atoms with Crippen LogP contribution < -0.4 is 5.32 Å². The fraction of sp³-hybridized carbons (Fsp3) is 0.0909. The number of thioether (sulfide) groups is 1. The Hall–Kier alpha value is -2.67. The summed E-state index contributed by atoms with van der Waals surface area (Å²) in [6.07, 6.45) is 0.292. The summed E-state index contributed by atoms with van der Waals surface area (Å²) in [4.78, 5) is 16.9. The number of nitrogens with zero attached hydrogens (tertiary/aromatic N) is 3. The minimum absolute atomic E-state index is 0.141. The molecule has 0 radical (unpaired) electrons. The van der Waals surface area contributed by atoms with Gasteiger partial charge in [0.1, 0.15) is 11.4 Å². The van der Waals surface area contributed by atoms with Crippen molar-refractivity contribution in [2.24, 2.45) is 0 Å². The highest BCUT2D eigenvalue weighted by molar-refractivity contribution is 7.99. The Morgan fingerprint density at radius 3 is 2.50 bits per heavy atom. The second-order valence-electron chi connectivity index (χ2n) is 6.77. The minimum Gasteiger partial charge on any atom is -0.325 e. The molecule has 1 aromatic heterocycles. The van der Waals surface area contributed by atoms with E-state index in [1.165, 1.54) is 11.8 Å². The topological polar surface area (TPSA) is 67.8 Å². The van der Waals surface area contributed by atoms with Gasteiger partial charge in [0, 0.05) is 33.7 Å². The molecule has 1 N–H and O–H groups in total. The molecule has 148 valence electrons. The number of halogens is 2. The Morgan fingerprint density at radius 2 is 1.73 bits per heavy atom. The number of carbonyl (C=O) groups excluding carboxylic acids is 1. The molecule has 1 amide bonds. The molecule has 1 heterocycles. The monoisotopic (exact) mass is 452 g/mol. The molecule has 0 saturated carbocycles. The van der Waals surface area contributed by atoms with Crippen molar-refractivity contribution in [3.8, 4) is 22.5 Å². The van der Waals surface area contributed by atoms with Gasteiger partial charge < -0.3 is 5.32 Å². The molecule has 5 nitrogen and oxygen atoms in total. The standard InChI is InChI=1S/C22H14Cl2N4OS/c23-13-7-8-17(16(24)11-13)25-18(29)9-10-30-22-26-20-14-5-1-3-12-4-2-6-15(19(12)14)21(20)27-28-22/h1-8,11H,9-10H2,(H,25,29). The molecule has 8 heteroatoms. The van der Waals surface area contributed by atoms with Gasteiger partial charge in [0.05, 0.1) is 10.7 Å². The van der Waals surface area contributed by atoms with E-state index in [1.807, 2.05) is 18.2 Å². The molecular weight excluding hydrogens is 439 g/mol. The number of aromatic nitrogens is 3. The van der Waals surface area contributed by atoms with E-state index in [0.29, 0.717) is 33.1 Å². The predicted octanol–water partition coefficient (Wildman–Crippen LogP) is 6.10. The summed E-state index contributed by atoms with van der Waals surface area (Å²) >= 11 is 13.4. The number of fused-ring (bicyclic) bond motifs is 3. The van der Waals surface area contributed by atoms with Crippen molar-refractivity contribution in [2.75, 3.05) is 11.1 Å². The summed E-state index contributed by atoms with van der Waals surface area (Å²) in [6, 6.07) is 17.3. The van der Waals surface area contributed by atoms with Crippen LogP contribution in [0.1, 0.15) is 6.42 Å². The fourth-order valence-corrected chi connectivity index (χ4v) is 4.70. The second-order valence-corrected chi connectivity index (χ2v) is 8.68. The molecule has 5 rings (SSSR count). The molecule has 0 fully saturated rings. The van der Waals surface area contributed by atoms with Crippen LogP contribution in [0.3, 0.4) is 0 Å². The maximum atomic E-state index is 12.2. The van der Waals surface area contributed by atoms with Gasteiger partial charge in [0.15, 0.2) is 0 Å². The van der Waals surface area contributed by atoms with E-state index in [9.17, 15) is 4.79 Å². The molecule has 3 aromatic carbocycles. The minimum atomic E-state index is -0.141. The second kappa shape index (κ2) is 7.87. The number of hydrogen-bond acceptors (Lipinski definition) is 5. The molecule has 0 bridgehead atoms. The Kier molecular flexibility index (Phi) is 5.06. The van der Waals surface area contributed by atoms with Crippen molar-refractivity contribution < 1.29 is 4.79 Å². The van der Waals surface area contributed by atoms with Crippen LogP contribution in [-0.4, -0.2) is 26.8 Å². The average molecular weight is 453 g/mol. The van der Waals surface area contributed by atoms with Crippen LogP contribution in [0.2, 0.25) is 10.0 Å². The van der Waals surface area contributed by atoms with E-state index in [2.05, 4.69) is 33.7 Å². The molecule has 1 aliphatic carbocycles. The van der Waals surface area contributed by atoms with Gasteiger partial charge in [-0.05, 0) is 23.6 Å². The zero-order chi connectivity index (χ0) is 20.7. The predicted molar refractivity (Wildman–Crippen MR) is 122 cm³/mol. The van der Waals surface area contributed by atoms with Gasteiger partial charge in [0.2, 0.25) is 11.1 Å². The van der Waals surface area contributed by atoms with Crippen molar-refractivity contribution in [1.29, 1.82) is 0 Å². The van der Waals surface area contributed by atoms with Crippen LogP contribution in [0.15, 0.2) is 59.8 Å². The lowest BCUT2D eigenvalue weighted by Gasteiger charge is -2.07. The lowest BCUT2D eigenvalue weighted by atomic mass is 10.0. The maximum absolute atomic E-state index is 12.2. The summed E-state index contributed by atoms with van der Waals surface area (Å²) in [5, 5.41) is 15.3. The summed E-state index contributed by atoms with van der Waals surface area (Å²) in [7, 11) is 0. The van der Waals surface area contributed by atoms with Crippen molar-refractivity contribution in [3.05, 3.63) is 64.6 Å². The number of anilines is 1. The summed E-state index contributed by atoms with van der Waals surface area (Å²) in [5.74, 6) is 0.382. The summed E-state index contributed by atoms with van der Waals surface area (Å²) in [6.45, 7) is 0. The highest BCUT2D eigenvalue weighted by Gasteiger charge is 2.24. The first kappa shape index (κ1) is 19.3. The maximum Gasteiger partial charge on any atom is 0.225 e. The largest absolute Gasteiger partial charge is 0.325 e. The molecule has 4 aromatic rings. The molecular formula is C22H14Cl2N4OS. The van der Waals surface area contributed by atoms with E-state index in [-0.39, 0.29) is 5.91 Å². The van der Waals surface area contributed by atoms with Crippen molar-refractivity contribution >= 4 is 57.3 Å². The van der Waals surface area contributed by atoms with Crippen molar-refractivity contribution in [2.45, 2.75) is 11.6 Å². The zero-order valence-corrected chi connectivity index (χ0v) is 17.9. The van der Waals surface area contributed by atoms with Crippen LogP contribution in [0, 0.1) is 0 Å². The van der Waals surface area contributed by atoms with E-state index in [4.69, 9.17) is 28.2 Å². The van der Waals surface area contributed by atoms with Crippen LogP contribution in [-0.2, 0) is 4.79 Å². The normalized spacial score (nSPS) is 11.5. The van der Waals surface area contributed by atoms with Gasteiger partial charge in [0.25, 0.3) is 0 Å². The third kappa shape index (κ3) is 3.51.